The quantitative estimate of drug-likeness (QED) is 0.111. The SMILES string of the molecule is COc1cc(-c2cccc(-c3cccc(NC(=O)c4ccc(CNCCO)cn4)c3C)c2C)cc(F)c1CNCCCC(=O)O. The summed E-state index contributed by atoms with van der Waals surface area (Å²) in [6.07, 6.45) is 2.13. The second-order valence-corrected chi connectivity index (χ2v) is 10.7. The Morgan fingerprint density at radius 3 is 2.31 bits per heavy atom. The van der Waals surface area contributed by atoms with Crippen molar-refractivity contribution in [3.63, 3.8) is 0 Å². The number of carboxylic acid groups (broad SMARTS) is 1. The average Bonchev–Trinajstić information content (AvgIpc) is 3.03. The number of carbonyl (C=O) groups is 2. The third kappa shape index (κ3) is 8.51. The second-order valence-electron chi connectivity index (χ2n) is 10.7. The van der Waals surface area contributed by atoms with E-state index in [0.29, 0.717) is 54.3 Å². The summed E-state index contributed by atoms with van der Waals surface area (Å²) in [5.41, 5.74) is 7.45. The van der Waals surface area contributed by atoms with Gasteiger partial charge in [-0.3, -0.25) is 14.6 Å². The van der Waals surface area contributed by atoms with Crippen LogP contribution in [0.25, 0.3) is 22.3 Å². The normalized spacial score (nSPS) is 11.0. The first-order chi connectivity index (χ1) is 21.7. The van der Waals surface area contributed by atoms with Gasteiger partial charge in [0, 0.05) is 43.5 Å². The Morgan fingerprint density at radius 2 is 1.62 bits per heavy atom. The zero-order valence-corrected chi connectivity index (χ0v) is 25.7. The maximum atomic E-state index is 15.4. The maximum absolute atomic E-state index is 15.4. The Morgan fingerprint density at radius 1 is 0.911 bits per heavy atom. The lowest BCUT2D eigenvalue weighted by atomic mass is 9.90. The monoisotopic (exact) mass is 614 g/mol. The Kier molecular flexibility index (Phi) is 11.7. The summed E-state index contributed by atoms with van der Waals surface area (Å²) in [4.78, 5) is 28.1. The number of pyridine rings is 1. The van der Waals surface area contributed by atoms with Crippen LogP contribution in [0.3, 0.4) is 0 Å². The molecule has 5 N–H and O–H groups in total. The molecule has 0 atom stereocenters. The van der Waals surface area contributed by atoms with Crippen LogP contribution < -0.4 is 20.7 Å². The van der Waals surface area contributed by atoms with E-state index in [1.807, 2.05) is 62.4 Å². The van der Waals surface area contributed by atoms with Crippen molar-refractivity contribution in [1.82, 2.24) is 15.6 Å². The molecular formula is C35H39FN4O5. The van der Waals surface area contributed by atoms with Crippen molar-refractivity contribution >= 4 is 17.6 Å². The smallest absolute Gasteiger partial charge is 0.303 e. The number of aliphatic hydroxyl groups is 1. The number of amides is 1. The van der Waals surface area contributed by atoms with Crippen LogP contribution in [0, 0.1) is 19.7 Å². The molecule has 0 bridgehead atoms. The van der Waals surface area contributed by atoms with E-state index in [4.69, 9.17) is 14.9 Å². The average molecular weight is 615 g/mol. The molecule has 3 aromatic carbocycles. The van der Waals surface area contributed by atoms with Crippen molar-refractivity contribution in [2.24, 2.45) is 0 Å². The Balaban J connectivity index is 1.55. The van der Waals surface area contributed by atoms with Crippen molar-refractivity contribution in [3.05, 3.63) is 101 Å². The van der Waals surface area contributed by atoms with Crippen molar-refractivity contribution < 1.29 is 28.9 Å². The maximum Gasteiger partial charge on any atom is 0.303 e. The number of benzene rings is 3. The van der Waals surface area contributed by atoms with E-state index in [9.17, 15) is 9.59 Å². The van der Waals surface area contributed by atoms with Gasteiger partial charge in [0.05, 0.1) is 13.7 Å². The van der Waals surface area contributed by atoms with Gasteiger partial charge in [0.1, 0.15) is 17.3 Å². The molecule has 0 saturated heterocycles. The van der Waals surface area contributed by atoms with Gasteiger partial charge in [-0.1, -0.05) is 36.4 Å². The van der Waals surface area contributed by atoms with E-state index in [1.165, 1.54) is 13.2 Å². The number of rotatable bonds is 15. The van der Waals surface area contributed by atoms with Crippen molar-refractivity contribution in [1.29, 1.82) is 0 Å². The summed E-state index contributed by atoms with van der Waals surface area (Å²) in [5.74, 6) is -1.19. The minimum absolute atomic E-state index is 0.0479. The van der Waals surface area contributed by atoms with E-state index in [2.05, 4.69) is 20.9 Å². The summed E-state index contributed by atoms with van der Waals surface area (Å²) in [6, 6.07) is 18.4. The van der Waals surface area contributed by atoms with Crippen molar-refractivity contribution in [3.8, 4) is 28.0 Å². The Hall–Kier alpha value is -4.64. The lowest BCUT2D eigenvalue weighted by Crippen LogP contribution is -2.18. The van der Waals surface area contributed by atoms with E-state index >= 15 is 4.39 Å². The van der Waals surface area contributed by atoms with Crippen LogP contribution in [0.2, 0.25) is 0 Å². The zero-order chi connectivity index (χ0) is 32.3. The summed E-state index contributed by atoms with van der Waals surface area (Å²) in [6.45, 7) is 5.67. The van der Waals surface area contributed by atoms with Crippen LogP contribution >= 0.6 is 0 Å². The molecular weight excluding hydrogens is 575 g/mol. The number of halogens is 1. The molecule has 236 valence electrons. The highest BCUT2D eigenvalue weighted by Crippen LogP contribution is 2.37. The lowest BCUT2D eigenvalue weighted by molar-refractivity contribution is -0.137. The number of nitrogens with one attached hydrogen (secondary N) is 3. The van der Waals surface area contributed by atoms with Gasteiger partial charge in [0.25, 0.3) is 5.91 Å². The van der Waals surface area contributed by atoms with Crippen molar-refractivity contribution in [2.75, 3.05) is 32.1 Å². The van der Waals surface area contributed by atoms with E-state index in [1.54, 1.807) is 12.3 Å². The number of anilines is 1. The van der Waals surface area contributed by atoms with E-state index in [0.717, 1.165) is 33.4 Å². The van der Waals surface area contributed by atoms with Gasteiger partial charge in [-0.25, -0.2) is 4.39 Å². The standard InChI is InChI=1S/C35H39FN4O5/c1-22-26(25-17-30(36)29(33(18-25)45-3)21-37-14-6-11-34(42)43)7-4-8-27(22)28-9-5-10-31(23(28)2)40-35(44)32-13-12-24(20-39-32)19-38-15-16-41/h4-5,7-10,12-13,17-18,20,37-38,41H,6,11,14-16,19,21H2,1-3H3,(H,40,44)(H,42,43). The molecule has 0 unspecified atom stereocenters. The second kappa shape index (κ2) is 15.9. The molecule has 45 heavy (non-hydrogen) atoms. The first-order valence-electron chi connectivity index (χ1n) is 14.8. The van der Waals surface area contributed by atoms with Crippen LogP contribution in [-0.2, 0) is 17.9 Å². The fourth-order valence-corrected chi connectivity index (χ4v) is 5.16. The van der Waals surface area contributed by atoms with Gasteiger partial charge in [0.2, 0.25) is 0 Å². The number of carboxylic acids is 1. The molecule has 1 amide bonds. The summed E-state index contributed by atoms with van der Waals surface area (Å²) >= 11 is 0. The summed E-state index contributed by atoms with van der Waals surface area (Å²) < 4.78 is 20.9. The zero-order valence-electron chi connectivity index (χ0n) is 25.7. The lowest BCUT2D eigenvalue weighted by Gasteiger charge is -2.18. The fraction of sp³-hybridized carbons (Fsp3) is 0.286. The number of hydrogen-bond acceptors (Lipinski definition) is 7. The summed E-state index contributed by atoms with van der Waals surface area (Å²) in [7, 11) is 1.50. The number of aliphatic hydroxyl groups excluding tert-OH is 1. The largest absolute Gasteiger partial charge is 0.496 e. The first-order valence-corrected chi connectivity index (χ1v) is 14.8. The van der Waals surface area contributed by atoms with Gasteiger partial charge in [0.15, 0.2) is 0 Å². The number of aliphatic carboxylic acids is 1. The molecule has 0 saturated carbocycles. The predicted molar refractivity (Wildman–Crippen MR) is 173 cm³/mol. The highest BCUT2D eigenvalue weighted by molar-refractivity contribution is 6.03. The van der Waals surface area contributed by atoms with Crippen LogP contribution in [0.15, 0.2) is 66.9 Å². The number of hydrogen-bond donors (Lipinski definition) is 5. The highest BCUT2D eigenvalue weighted by atomic mass is 19.1. The van der Waals surface area contributed by atoms with Gasteiger partial charge in [-0.05, 0) is 90.0 Å². The minimum atomic E-state index is -0.864. The van der Waals surface area contributed by atoms with Gasteiger partial charge in [-0.2, -0.15) is 0 Å². The summed E-state index contributed by atoms with van der Waals surface area (Å²) in [5, 5.41) is 26.9. The van der Waals surface area contributed by atoms with E-state index in [-0.39, 0.29) is 25.5 Å². The van der Waals surface area contributed by atoms with Gasteiger partial charge in [-0.15, -0.1) is 0 Å². The number of methoxy groups -OCH3 is 1. The molecule has 0 fully saturated rings. The molecule has 4 aromatic rings. The number of carbonyl (C=O) groups excluding carboxylic acids is 1. The predicted octanol–water partition coefficient (Wildman–Crippen LogP) is 5.47. The molecule has 10 heteroatoms. The fourth-order valence-electron chi connectivity index (χ4n) is 5.16. The van der Waals surface area contributed by atoms with Crippen LogP contribution in [0.1, 0.15) is 45.6 Å². The Labute approximate surface area is 262 Å². The minimum Gasteiger partial charge on any atom is -0.496 e. The molecule has 9 nitrogen and oxygen atoms in total. The van der Waals surface area contributed by atoms with Crippen LogP contribution in [0.5, 0.6) is 5.75 Å². The van der Waals surface area contributed by atoms with Gasteiger partial charge >= 0.3 is 5.97 Å². The third-order valence-corrected chi connectivity index (χ3v) is 7.61. The highest BCUT2D eigenvalue weighted by Gasteiger charge is 2.17. The molecule has 4 rings (SSSR count). The molecule has 1 heterocycles. The van der Waals surface area contributed by atoms with Crippen LogP contribution in [0.4, 0.5) is 10.1 Å². The molecule has 0 aliphatic carbocycles. The van der Waals surface area contributed by atoms with Crippen LogP contribution in [-0.4, -0.2) is 53.9 Å². The number of aromatic nitrogens is 1. The molecule has 1 aromatic heterocycles. The topological polar surface area (TPSA) is 133 Å². The number of ether oxygens (including phenoxy) is 1. The van der Waals surface area contributed by atoms with E-state index < -0.39 is 11.8 Å². The Bertz CT molecular complexity index is 1640. The number of nitrogens with zero attached hydrogens (tertiary/aromatic N) is 1. The molecule has 0 spiro atoms. The third-order valence-electron chi connectivity index (χ3n) is 7.61. The van der Waals surface area contributed by atoms with Gasteiger partial charge < -0.3 is 30.9 Å². The van der Waals surface area contributed by atoms with Crippen molar-refractivity contribution in [2.45, 2.75) is 39.8 Å². The molecule has 0 aliphatic rings. The molecule has 0 radical (unpaired) electrons. The first kappa shape index (κ1) is 33.3. The molecule has 0 aliphatic heterocycles.